The first-order valence-electron chi connectivity index (χ1n) is 7.99. The normalized spacial score (nSPS) is 10.2. The Balaban J connectivity index is 1.60. The van der Waals surface area contributed by atoms with E-state index < -0.39 is 0 Å². The van der Waals surface area contributed by atoms with E-state index in [0.717, 1.165) is 12.8 Å². The monoisotopic (exact) mass is 346 g/mol. The number of aryl methyl sites for hydroxylation is 1. The van der Waals surface area contributed by atoms with Gasteiger partial charge in [-0.2, -0.15) is 0 Å². The summed E-state index contributed by atoms with van der Waals surface area (Å²) in [5.74, 6) is 0.344. The molecule has 0 fully saturated rings. The van der Waals surface area contributed by atoms with Crippen LogP contribution in [0.5, 0.6) is 5.75 Å². The van der Waals surface area contributed by atoms with Crippen LogP contribution < -0.4 is 15.4 Å². The van der Waals surface area contributed by atoms with Crippen LogP contribution in [0.15, 0.2) is 41.8 Å². The van der Waals surface area contributed by atoms with Crippen LogP contribution in [-0.4, -0.2) is 31.5 Å². The Hall–Kier alpha value is -2.34. The Morgan fingerprint density at radius 1 is 1.08 bits per heavy atom. The van der Waals surface area contributed by atoms with E-state index in [0.29, 0.717) is 23.7 Å². The second kappa shape index (κ2) is 9.72. The van der Waals surface area contributed by atoms with E-state index >= 15 is 0 Å². The molecular formula is C18H22N2O3S. The lowest BCUT2D eigenvalue weighted by molar-refractivity contribution is -0.123. The number of rotatable bonds is 9. The Morgan fingerprint density at radius 2 is 1.83 bits per heavy atom. The molecule has 0 atom stereocenters. The van der Waals surface area contributed by atoms with Crippen molar-refractivity contribution in [2.24, 2.45) is 0 Å². The topological polar surface area (TPSA) is 67.4 Å². The fourth-order valence-corrected chi connectivity index (χ4v) is 2.75. The Labute approximate surface area is 146 Å². The summed E-state index contributed by atoms with van der Waals surface area (Å²) in [5.41, 5.74) is 1.26. The van der Waals surface area contributed by atoms with E-state index in [-0.39, 0.29) is 18.4 Å². The minimum Gasteiger partial charge on any atom is -0.484 e. The van der Waals surface area contributed by atoms with Crippen molar-refractivity contribution in [1.82, 2.24) is 10.6 Å². The summed E-state index contributed by atoms with van der Waals surface area (Å²) in [7, 11) is 0. The van der Waals surface area contributed by atoms with E-state index in [1.807, 2.05) is 35.7 Å². The van der Waals surface area contributed by atoms with Crippen LogP contribution in [0.2, 0.25) is 0 Å². The van der Waals surface area contributed by atoms with Crippen LogP contribution in [0.25, 0.3) is 0 Å². The van der Waals surface area contributed by atoms with Gasteiger partial charge in [0.2, 0.25) is 0 Å². The summed E-state index contributed by atoms with van der Waals surface area (Å²) in [6, 6.07) is 11.4. The van der Waals surface area contributed by atoms with Crippen molar-refractivity contribution in [3.05, 3.63) is 52.2 Å². The van der Waals surface area contributed by atoms with Crippen molar-refractivity contribution in [3.63, 3.8) is 0 Å². The molecule has 1 aromatic carbocycles. The Morgan fingerprint density at radius 3 is 2.50 bits per heavy atom. The first-order valence-corrected chi connectivity index (χ1v) is 8.87. The molecule has 2 rings (SSSR count). The summed E-state index contributed by atoms with van der Waals surface area (Å²) < 4.78 is 5.44. The maximum absolute atomic E-state index is 11.7. The molecule has 6 heteroatoms. The Kier molecular flexibility index (Phi) is 7.29. The molecule has 0 aliphatic heterocycles. The highest BCUT2D eigenvalue weighted by Gasteiger charge is 2.06. The summed E-state index contributed by atoms with van der Waals surface area (Å²) >= 11 is 1.39. The molecule has 128 valence electrons. The minimum atomic E-state index is -0.210. The van der Waals surface area contributed by atoms with E-state index in [9.17, 15) is 9.59 Å². The van der Waals surface area contributed by atoms with Gasteiger partial charge in [0.25, 0.3) is 11.8 Å². The van der Waals surface area contributed by atoms with Crippen LogP contribution in [0, 0.1) is 0 Å². The number of benzene rings is 1. The van der Waals surface area contributed by atoms with Crippen LogP contribution in [0.3, 0.4) is 0 Å². The van der Waals surface area contributed by atoms with Gasteiger partial charge in [-0.25, -0.2) is 0 Å². The van der Waals surface area contributed by atoms with Crippen molar-refractivity contribution < 1.29 is 14.3 Å². The molecule has 0 aliphatic carbocycles. The fourth-order valence-electron chi connectivity index (χ4n) is 2.11. The van der Waals surface area contributed by atoms with Crippen molar-refractivity contribution in [3.8, 4) is 5.75 Å². The molecule has 0 saturated carbocycles. The molecule has 1 heterocycles. The summed E-state index contributed by atoms with van der Waals surface area (Å²) in [6.45, 7) is 2.85. The zero-order valence-corrected chi connectivity index (χ0v) is 14.5. The second-order valence-electron chi connectivity index (χ2n) is 5.27. The van der Waals surface area contributed by atoms with Crippen LogP contribution in [0.4, 0.5) is 0 Å². The molecule has 0 bridgehead atoms. The van der Waals surface area contributed by atoms with Crippen molar-refractivity contribution in [1.29, 1.82) is 0 Å². The smallest absolute Gasteiger partial charge is 0.261 e. The lowest BCUT2D eigenvalue weighted by Crippen LogP contribution is -2.36. The van der Waals surface area contributed by atoms with Gasteiger partial charge in [0, 0.05) is 13.1 Å². The minimum absolute atomic E-state index is 0.0357. The third-order valence-corrected chi connectivity index (χ3v) is 4.18. The van der Waals surface area contributed by atoms with Crippen LogP contribution in [0.1, 0.15) is 28.6 Å². The largest absolute Gasteiger partial charge is 0.484 e. The highest BCUT2D eigenvalue weighted by Crippen LogP contribution is 2.13. The van der Waals surface area contributed by atoms with Crippen molar-refractivity contribution >= 4 is 23.2 Å². The SMILES string of the molecule is CCCc1ccc(OCC(=O)NCCNC(=O)c2cccs2)cc1. The van der Waals surface area contributed by atoms with E-state index in [1.165, 1.54) is 16.9 Å². The zero-order chi connectivity index (χ0) is 17.2. The maximum atomic E-state index is 11.7. The molecule has 24 heavy (non-hydrogen) atoms. The van der Waals surface area contributed by atoms with Gasteiger partial charge in [0.15, 0.2) is 6.61 Å². The highest BCUT2D eigenvalue weighted by atomic mass is 32.1. The van der Waals surface area contributed by atoms with Gasteiger partial charge in [-0.15, -0.1) is 11.3 Å². The summed E-state index contributed by atoms with van der Waals surface area (Å²) in [5, 5.41) is 7.31. The molecule has 2 amide bonds. The third kappa shape index (κ3) is 6.04. The average Bonchev–Trinajstić information content (AvgIpc) is 3.13. The predicted molar refractivity (Wildman–Crippen MR) is 95.6 cm³/mol. The number of carbonyl (C=O) groups is 2. The highest BCUT2D eigenvalue weighted by molar-refractivity contribution is 7.12. The number of hydrogen-bond acceptors (Lipinski definition) is 4. The van der Waals surface area contributed by atoms with Gasteiger partial charge in [-0.1, -0.05) is 31.5 Å². The Bertz CT molecular complexity index is 639. The first kappa shape index (κ1) is 18.0. The lowest BCUT2D eigenvalue weighted by Gasteiger charge is -2.08. The molecule has 2 N–H and O–H groups in total. The number of amides is 2. The van der Waals surface area contributed by atoms with Gasteiger partial charge in [-0.3, -0.25) is 9.59 Å². The van der Waals surface area contributed by atoms with Crippen molar-refractivity contribution in [2.75, 3.05) is 19.7 Å². The standard InChI is InChI=1S/C18H22N2O3S/c1-2-4-14-6-8-15(9-7-14)23-13-17(21)19-10-11-20-18(22)16-5-3-12-24-16/h3,5-9,12H,2,4,10-11,13H2,1H3,(H,19,21)(H,20,22). The van der Waals surface area contributed by atoms with Crippen molar-refractivity contribution in [2.45, 2.75) is 19.8 Å². The van der Waals surface area contributed by atoms with E-state index in [2.05, 4.69) is 17.6 Å². The number of thiophene rings is 1. The maximum Gasteiger partial charge on any atom is 0.261 e. The third-order valence-electron chi connectivity index (χ3n) is 3.31. The van der Waals surface area contributed by atoms with E-state index in [4.69, 9.17) is 4.74 Å². The molecule has 0 radical (unpaired) electrons. The first-order chi connectivity index (χ1) is 11.7. The molecule has 0 saturated heterocycles. The van der Waals surface area contributed by atoms with Gasteiger partial charge in [0.05, 0.1) is 4.88 Å². The molecule has 0 aliphatic rings. The van der Waals surface area contributed by atoms with Gasteiger partial charge < -0.3 is 15.4 Å². The second-order valence-corrected chi connectivity index (χ2v) is 6.21. The predicted octanol–water partition coefficient (Wildman–Crippen LogP) is 2.63. The van der Waals surface area contributed by atoms with Crippen LogP contribution >= 0.6 is 11.3 Å². The molecular weight excluding hydrogens is 324 g/mol. The lowest BCUT2D eigenvalue weighted by atomic mass is 10.1. The molecule has 5 nitrogen and oxygen atoms in total. The molecule has 0 spiro atoms. The number of ether oxygens (including phenoxy) is 1. The van der Waals surface area contributed by atoms with Gasteiger partial charge in [-0.05, 0) is 35.6 Å². The number of nitrogens with one attached hydrogen (secondary N) is 2. The number of carbonyl (C=O) groups excluding carboxylic acids is 2. The summed E-state index contributed by atoms with van der Waals surface area (Å²) in [6.07, 6.45) is 2.14. The van der Waals surface area contributed by atoms with Gasteiger partial charge >= 0.3 is 0 Å². The summed E-state index contributed by atoms with van der Waals surface area (Å²) in [4.78, 5) is 24.1. The molecule has 1 aromatic heterocycles. The number of hydrogen-bond donors (Lipinski definition) is 2. The van der Waals surface area contributed by atoms with Gasteiger partial charge in [0.1, 0.15) is 5.75 Å². The average molecular weight is 346 g/mol. The molecule has 0 unspecified atom stereocenters. The van der Waals surface area contributed by atoms with E-state index in [1.54, 1.807) is 6.07 Å². The molecule has 2 aromatic rings. The quantitative estimate of drug-likeness (QED) is 0.686. The zero-order valence-electron chi connectivity index (χ0n) is 13.7. The fraction of sp³-hybridized carbons (Fsp3) is 0.333. The van der Waals surface area contributed by atoms with Crippen LogP contribution in [-0.2, 0) is 11.2 Å².